The second-order valence-corrected chi connectivity index (χ2v) is 9.13. The number of para-hydroxylation sites is 1. The molecule has 150 valence electrons. The first-order valence-corrected chi connectivity index (χ1v) is 10.5. The largest absolute Gasteiger partial charge is 0.347 e. The van der Waals surface area contributed by atoms with Crippen molar-refractivity contribution in [2.24, 2.45) is 17.8 Å². The second-order valence-electron chi connectivity index (χ2n) is 9.13. The van der Waals surface area contributed by atoms with E-state index < -0.39 is 11.7 Å². The van der Waals surface area contributed by atoms with Crippen molar-refractivity contribution in [1.29, 1.82) is 0 Å². The monoisotopic (exact) mass is 392 g/mol. The summed E-state index contributed by atoms with van der Waals surface area (Å²) in [6.07, 6.45) is 7.12. The molecule has 4 aliphatic rings. The highest BCUT2D eigenvalue weighted by molar-refractivity contribution is 6.09. The van der Waals surface area contributed by atoms with E-state index in [-0.39, 0.29) is 17.0 Å². The van der Waals surface area contributed by atoms with Gasteiger partial charge in [0.15, 0.2) is 0 Å². The molecule has 0 heterocycles. The van der Waals surface area contributed by atoms with Crippen LogP contribution in [0.4, 0.5) is 10.1 Å². The fourth-order valence-corrected chi connectivity index (χ4v) is 6.20. The van der Waals surface area contributed by atoms with Crippen LogP contribution < -0.4 is 10.6 Å². The highest BCUT2D eigenvalue weighted by Gasteiger charge is 2.51. The van der Waals surface area contributed by atoms with E-state index in [1.807, 2.05) is 0 Å². The van der Waals surface area contributed by atoms with Crippen molar-refractivity contribution < 1.29 is 14.0 Å². The van der Waals surface area contributed by atoms with E-state index in [9.17, 15) is 14.0 Å². The summed E-state index contributed by atoms with van der Waals surface area (Å²) in [6, 6.07) is 12.8. The molecule has 0 aliphatic heterocycles. The lowest BCUT2D eigenvalue weighted by molar-refractivity contribution is -0.0166. The zero-order valence-electron chi connectivity index (χ0n) is 16.3. The number of hydrogen-bond donors (Lipinski definition) is 2. The van der Waals surface area contributed by atoms with Gasteiger partial charge in [-0.2, -0.15) is 0 Å². The maximum absolute atomic E-state index is 14.0. The first kappa shape index (κ1) is 18.3. The van der Waals surface area contributed by atoms with E-state index in [0.717, 1.165) is 37.0 Å². The predicted octanol–water partition coefficient (Wildman–Crippen LogP) is 4.78. The Morgan fingerprint density at radius 3 is 1.97 bits per heavy atom. The molecule has 6 rings (SSSR count). The molecule has 4 nitrogen and oxygen atoms in total. The fourth-order valence-electron chi connectivity index (χ4n) is 6.20. The topological polar surface area (TPSA) is 58.2 Å². The van der Waals surface area contributed by atoms with Gasteiger partial charge in [0.2, 0.25) is 0 Å². The van der Waals surface area contributed by atoms with Gasteiger partial charge < -0.3 is 10.6 Å². The molecule has 4 fully saturated rings. The Bertz CT molecular complexity index is 936. The van der Waals surface area contributed by atoms with Crippen LogP contribution in [0.1, 0.15) is 59.2 Å². The van der Waals surface area contributed by atoms with E-state index in [1.54, 1.807) is 36.4 Å². The minimum absolute atomic E-state index is 0.0382. The summed E-state index contributed by atoms with van der Waals surface area (Å²) in [5.41, 5.74) is 0.689. The lowest BCUT2D eigenvalue weighted by Gasteiger charge is -2.56. The molecule has 29 heavy (non-hydrogen) atoms. The normalized spacial score (nSPS) is 29.5. The molecule has 0 spiro atoms. The third-order valence-electron chi connectivity index (χ3n) is 6.96. The SMILES string of the molecule is O=C(Nc1ccccc1C(=O)NC12CC3CC(CC(C3)C1)C2)c1ccccc1F. The summed E-state index contributed by atoms with van der Waals surface area (Å²) < 4.78 is 14.0. The molecule has 2 aromatic carbocycles. The molecule has 0 aromatic heterocycles. The lowest BCUT2D eigenvalue weighted by Crippen LogP contribution is -2.59. The molecule has 0 radical (unpaired) electrons. The zero-order chi connectivity index (χ0) is 20.0. The predicted molar refractivity (Wildman–Crippen MR) is 109 cm³/mol. The number of halogens is 1. The van der Waals surface area contributed by atoms with Gasteiger partial charge in [-0.3, -0.25) is 9.59 Å². The summed E-state index contributed by atoms with van der Waals surface area (Å²) in [7, 11) is 0. The summed E-state index contributed by atoms with van der Waals surface area (Å²) in [6.45, 7) is 0. The molecule has 4 aliphatic carbocycles. The van der Waals surface area contributed by atoms with Gasteiger partial charge in [-0.1, -0.05) is 24.3 Å². The van der Waals surface area contributed by atoms with Crippen molar-refractivity contribution in [2.75, 3.05) is 5.32 Å². The maximum atomic E-state index is 14.0. The van der Waals surface area contributed by atoms with Crippen molar-refractivity contribution in [1.82, 2.24) is 5.32 Å². The minimum atomic E-state index is -0.583. The first-order valence-electron chi connectivity index (χ1n) is 10.5. The quantitative estimate of drug-likeness (QED) is 0.787. The number of carbonyl (C=O) groups is 2. The Hall–Kier alpha value is -2.69. The van der Waals surface area contributed by atoms with Crippen LogP contribution in [0.25, 0.3) is 0 Å². The Labute approximate surface area is 169 Å². The van der Waals surface area contributed by atoms with Gasteiger partial charge in [-0.15, -0.1) is 0 Å². The van der Waals surface area contributed by atoms with Gasteiger partial charge in [0.1, 0.15) is 5.82 Å². The van der Waals surface area contributed by atoms with Gasteiger partial charge >= 0.3 is 0 Å². The Kier molecular flexibility index (Phi) is 4.41. The second kappa shape index (κ2) is 6.97. The molecule has 5 heteroatoms. The molecule has 0 atom stereocenters. The van der Waals surface area contributed by atoms with E-state index in [4.69, 9.17) is 0 Å². The average molecular weight is 392 g/mol. The number of rotatable bonds is 4. The molecule has 2 aromatic rings. The Balaban J connectivity index is 1.36. The van der Waals surface area contributed by atoms with Crippen molar-refractivity contribution in [2.45, 2.75) is 44.1 Å². The number of benzene rings is 2. The van der Waals surface area contributed by atoms with Gasteiger partial charge in [-0.05, 0) is 80.5 Å². The number of carbonyl (C=O) groups excluding carboxylic acids is 2. The summed E-state index contributed by atoms with van der Waals surface area (Å²) in [4.78, 5) is 25.7. The van der Waals surface area contributed by atoms with Crippen LogP contribution in [-0.2, 0) is 0 Å². The maximum Gasteiger partial charge on any atom is 0.258 e. The molecule has 4 bridgehead atoms. The molecular formula is C24H25FN2O2. The lowest BCUT2D eigenvalue weighted by atomic mass is 9.53. The van der Waals surface area contributed by atoms with E-state index in [1.165, 1.54) is 31.4 Å². The fraction of sp³-hybridized carbons (Fsp3) is 0.417. The van der Waals surface area contributed by atoms with Crippen molar-refractivity contribution in [3.05, 3.63) is 65.5 Å². The molecule has 2 N–H and O–H groups in total. The number of amides is 2. The number of anilines is 1. The molecule has 2 amide bonds. The van der Waals surface area contributed by atoms with Gasteiger partial charge in [0.05, 0.1) is 16.8 Å². The smallest absolute Gasteiger partial charge is 0.258 e. The van der Waals surface area contributed by atoms with Crippen LogP contribution in [0.2, 0.25) is 0 Å². The number of hydrogen-bond acceptors (Lipinski definition) is 2. The zero-order valence-corrected chi connectivity index (χ0v) is 16.3. The summed E-state index contributed by atoms with van der Waals surface area (Å²) >= 11 is 0. The Morgan fingerprint density at radius 1 is 0.793 bits per heavy atom. The van der Waals surface area contributed by atoms with Crippen molar-refractivity contribution in [3.8, 4) is 0 Å². The van der Waals surface area contributed by atoms with Gasteiger partial charge in [0, 0.05) is 5.54 Å². The third kappa shape index (κ3) is 3.43. The van der Waals surface area contributed by atoms with E-state index in [2.05, 4.69) is 10.6 Å². The number of nitrogens with one attached hydrogen (secondary N) is 2. The van der Waals surface area contributed by atoms with Crippen LogP contribution in [0.3, 0.4) is 0 Å². The minimum Gasteiger partial charge on any atom is -0.347 e. The van der Waals surface area contributed by atoms with Crippen molar-refractivity contribution >= 4 is 17.5 Å². The Morgan fingerprint density at radius 2 is 1.34 bits per heavy atom. The van der Waals surface area contributed by atoms with Crippen LogP contribution >= 0.6 is 0 Å². The van der Waals surface area contributed by atoms with Crippen LogP contribution in [0, 0.1) is 23.6 Å². The standard InChI is InChI=1S/C24H25FN2O2/c25-20-7-3-1-5-18(20)22(28)26-21-8-4-2-6-19(21)23(29)27-24-12-15-9-16(13-24)11-17(10-15)14-24/h1-8,15-17H,9-14H2,(H,26,28)(H,27,29). The molecule has 4 saturated carbocycles. The van der Waals surface area contributed by atoms with E-state index in [0.29, 0.717) is 11.3 Å². The average Bonchev–Trinajstić information content (AvgIpc) is 2.67. The summed E-state index contributed by atoms with van der Waals surface area (Å²) in [5.74, 6) is 0.905. The first-order chi connectivity index (χ1) is 14.0. The van der Waals surface area contributed by atoms with Crippen LogP contribution in [-0.4, -0.2) is 17.4 Å². The van der Waals surface area contributed by atoms with Crippen LogP contribution in [0.15, 0.2) is 48.5 Å². The molecule has 0 saturated heterocycles. The van der Waals surface area contributed by atoms with Crippen LogP contribution in [0.5, 0.6) is 0 Å². The third-order valence-corrected chi connectivity index (χ3v) is 6.96. The molecular weight excluding hydrogens is 367 g/mol. The van der Waals surface area contributed by atoms with Gasteiger partial charge in [-0.25, -0.2) is 4.39 Å². The molecule has 0 unspecified atom stereocenters. The highest BCUT2D eigenvalue weighted by Crippen LogP contribution is 2.55. The van der Waals surface area contributed by atoms with Crippen molar-refractivity contribution in [3.63, 3.8) is 0 Å². The van der Waals surface area contributed by atoms with Gasteiger partial charge in [0.25, 0.3) is 11.8 Å². The summed E-state index contributed by atoms with van der Waals surface area (Å²) in [5, 5.41) is 6.06. The van der Waals surface area contributed by atoms with E-state index >= 15 is 0 Å². The highest BCUT2D eigenvalue weighted by atomic mass is 19.1.